The minimum absolute atomic E-state index is 0.0191. The van der Waals surface area contributed by atoms with E-state index in [0.717, 1.165) is 23.0 Å². The Labute approximate surface area is 155 Å². The third-order valence-electron chi connectivity index (χ3n) is 4.49. The first-order valence-corrected chi connectivity index (χ1v) is 9.32. The molecular formula is C18H18ClN3O2S. The van der Waals surface area contributed by atoms with Crippen molar-refractivity contribution in [2.24, 2.45) is 4.99 Å². The fraction of sp³-hybridized carbons (Fsp3) is 0.333. The van der Waals surface area contributed by atoms with E-state index in [9.17, 15) is 5.11 Å². The first kappa shape index (κ1) is 16.5. The molecule has 2 aromatic rings. The number of hydrogen-bond acceptors (Lipinski definition) is 6. The lowest BCUT2D eigenvalue weighted by Gasteiger charge is -2.28. The standard InChI is InChI=1S/C18H18ClN3O2S/c1-10-9-22-16(11-7-12(19)17(23)14(8-11)24-2)15(21-18(22)25-10)13-5-3-4-6-20-13/h3-8,10,15-16,23H,9H2,1-2H3/t10-,15-,16-/m0/s1. The molecule has 1 fully saturated rings. The van der Waals surface area contributed by atoms with Crippen molar-refractivity contribution >= 4 is 28.5 Å². The number of pyridine rings is 1. The number of rotatable bonds is 3. The minimum atomic E-state index is -0.110. The number of amidine groups is 1. The summed E-state index contributed by atoms with van der Waals surface area (Å²) in [7, 11) is 1.52. The molecule has 1 aromatic heterocycles. The van der Waals surface area contributed by atoms with E-state index < -0.39 is 0 Å². The molecule has 0 unspecified atom stereocenters. The molecule has 4 rings (SSSR count). The SMILES string of the molecule is COc1cc([C@H]2[C@H](c3ccccn3)N=C3S[C@@H](C)CN32)cc(Cl)c1O. The molecule has 25 heavy (non-hydrogen) atoms. The summed E-state index contributed by atoms with van der Waals surface area (Å²) in [5, 5.41) is 11.9. The first-order chi connectivity index (χ1) is 12.1. The molecule has 2 aliphatic rings. The van der Waals surface area contributed by atoms with E-state index in [1.54, 1.807) is 24.0 Å². The normalized spacial score (nSPS) is 25.0. The fourth-order valence-electron chi connectivity index (χ4n) is 3.40. The number of phenolic OH excluding ortho intramolecular Hbond substituents is 1. The van der Waals surface area contributed by atoms with Crippen LogP contribution >= 0.6 is 23.4 Å². The highest BCUT2D eigenvalue weighted by atomic mass is 35.5. The van der Waals surface area contributed by atoms with Crippen LogP contribution in [-0.4, -0.2) is 39.1 Å². The molecule has 0 radical (unpaired) electrons. The number of halogens is 1. The van der Waals surface area contributed by atoms with Crippen LogP contribution in [0.4, 0.5) is 0 Å². The molecule has 0 amide bonds. The van der Waals surface area contributed by atoms with Crippen molar-refractivity contribution in [3.8, 4) is 11.5 Å². The Morgan fingerprint density at radius 2 is 2.20 bits per heavy atom. The number of aromatic nitrogens is 1. The predicted molar refractivity (Wildman–Crippen MR) is 101 cm³/mol. The summed E-state index contributed by atoms with van der Waals surface area (Å²) in [4.78, 5) is 11.7. The van der Waals surface area contributed by atoms with Crippen LogP contribution in [0.5, 0.6) is 11.5 Å². The maximum atomic E-state index is 10.1. The molecule has 0 saturated carbocycles. The van der Waals surface area contributed by atoms with Crippen molar-refractivity contribution in [1.29, 1.82) is 0 Å². The fourth-order valence-corrected chi connectivity index (χ4v) is 4.71. The van der Waals surface area contributed by atoms with Gasteiger partial charge in [-0.25, -0.2) is 0 Å². The molecule has 1 N–H and O–H groups in total. The Bertz CT molecular complexity index is 831. The van der Waals surface area contributed by atoms with Gasteiger partial charge in [0, 0.05) is 18.0 Å². The molecule has 0 bridgehead atoms. The number of ether oxygens (including phenoxy) is 1. The molecule has 0 aliphatic carbocycles. The summed E-state index contributed by atoms with van der Waals surface area (Å²) in [6.45, 7) is 3.11. The second-order valence-corrected chi connectivity index (χ2v) is 8.00. The van der Waals surface area contributed by atoms with Crippen LogP contribution in [0.1, 0.15) is 30.3 Å². The second kappa shape index (κ2) is 6.42. The Kier molecular flexibility index (Phi) is 4.25. The third-order valence-corrected chi connectivity index (χ3v) is 5.88. The molecular weight excluding hydrogens is 358 g/mol. The van der Waals surface area contributed by atoms with Gasteiger partial charge in [0.25, 0.3) is 0 Å². The van der Waals surface area contributed by atoms with Crippen LogP contribution < -0.4 is 4.74 Å². The van der Waals surface area contributed by atoms with Crippen LogP contribution in [0, 0.1) is 0 Å². The van der Waals surface area contributed by atoms with Gasteiger partial charge >= 0.3 is 0 Å². The average molecular weight is 376 g/mol. The van der Waals surface area contributed by atoms with Crippen molar-refractivity contribution in [3.05, 3.63) is 52.8 Å². The Morgan fingerprint density at radius 1 is 1.36 bits per heavy atom. The number of phenols is 1. The van der Waals surface area contributed by atoms with Gasteiger partial charge in [0.1, 0.15) is 6.04 Å². The summed E-state index contributed by atoms with van der Waals surface area (Å²) in [5.41, 5.74) is 1.88. The molecule has 130 valence electrons. The van der Waals surface area contributed by atoms with Gasteiger partial charge in [0.05, 0.1) is 23.9 Å². The lowest BCUT2D eigenvalue weighted by Crippen LogP contribution is -2.28. The monoisotopic (exact) mass is 375 g/mol. The maximum Gasteiger partial charge on any atom is 0.176 e. The Morgan fingerprint density at radius 3 is 2.92 bits per heavy atom. The quantitative estimate of drug-likeness (QED) is 0.877. The van der Waals surface area contributed by atoms with Gasteiger partial charge in [0.15, 0.2) is 16.7 Å². The summed E-state index contributed by atoms with van der Waals surface area (Å²) < 4.78 is 5.29. The molecule has 0 spiro atoms. The maximum absolute atomic E-state index is 10.1. The predicted octanol–water partition coefficient (Wildman–Crippen LogP) is 4.04. The smallest absolute Gasteiger partial charge is 0.176 e. The van der Waals surface area contributed by atoms with Gasteiger partial charge in [-0.3, -0.25) is 9.98 Å². The number of benzene rings is 1. The van der Waals surface area contributed by atoms with Gasteiger partial charge in [-0.1, -0.05) is 36.4 Å². The number of fused-ring (bicyclic) bond motifs is 1. The van der Waals surface area contributed by atoms with Crippen LogP contribution in [0.15, 0.2) is 41.5 Å². The van der Waals surface area contributed by atoms with Gasteiger partial charge < -0.3 is 14.7 Å². The summed E-state index contributed by atoms with van der Waals surface area (Å²) >= 11 is 8.02. The highest BCUT2D eigenvalue weighted by Crippen LogP contribution is 2.49. The van der Waals surface area contributed by atoms with Gasteiger partial charge in [-0.2, -0.15) is 0 Å². The number of thioether (sulfide) groups is 1. The number of aliphatic imine (C=N–C) groups is 1. The van der Waals surface area contributed by atoms with E-state index in [-0.39, 0.29) is 22.9 Å². The van der Waals surface area contributed by atoms with Crippen molar-refractivity contribution in [2.75, 3.05) is 13.7 Å². The van der Waals surface area contributed by atoms with E-state index in [1.165, 1.54) is 7.11 Å². The zero-order valence-electron chi connectivity index (χ0n) is 13.9. The van der Waals surface area contributed by atoms with E-state index in [0.29, 0.717) is 11.0 Å². The number of aromatic hydroxyl groups is 1. The van der Waals surface area contributed by atoms with E-state index in [2.05, 4.69) is 16.8 Å². The second-order valence-electron chi connectivity index (χ2n) is 6.19. The lowest BCUT2D eigenvalue weighted by molar-refractivity contribution is 0.318. The number of hydrogen-bond donors (Lipinski definition) is 1. The topological polar surface area (TPSA) is 58.0 Å². The molecule has 7 heteroatoms. The van der Waals surface area contributed by atoms with Crippen LogP contribution in [0.3, 0.4) is 0 Å². The first-order valence-electron chi connectivity index (χ1n) is 8.07. The molecule has 1 saturated heterocycles. The lowest BCUT2D eigenvalue weighted by atomic mass is 9.96. The van der Waals surface area contributed by atoms with E-state index in [1.807, 2.05) is 24.3 Å². The molecule has 2 aliphatic heterocycles. The van der Waals surface area contributed by atoms with Crippen molar-refractivity contribution in [1.82, 2.24) is 9.88 Å². The molecule has 1 aromatic carbocycles. The summed E-state index contributed by atoms with van der Waals surface area (Å²) in [5.74, 6) is 0.334. The number of methoxy groups -OCH3 is 1. The number of nitrogens with zero attached hydrogens (tertiary/aromatic N) is 3. The Hall–Kier alpha value is -1.92. The van der Waals surface area contributed by atoms with Gasteiger partial charge in [0.2, 0.25) is 0 Å². The van der Waals surface area contributed by atoms with Gasteiger partial charge in [-0.05, 0) is 29.8 Å². The van der Waals surface area contributed by atoms with Crippen LogP contribution in [0.2, 0.25) is 5.02 Å². The average Bonchev–Trinajstić information content (AvgIpc) is 3.14. The highest BCUT2D eigenvalue weighted by molar-refractivity contribution is 8.14. The van der Waals surface area contributed by atoms with E-state index in [4.69, 9.17) is 21.3 Å². The molecule has 3 heterocycles. The van der Waals surface area contributed by atoms with Crippen molar-refractivity contribution in [3.63, 3.8) is 0 Å². The molecule has 3 atom stereocenters. The van der Waals surface area contributed by atoms with Crippen LogP contribution in [-0.2, 0) is 0 Å². The van der Waals surface area contributed by atoms with Gasteiger partial charge in [-0.15, -0.1) is 0 Å². The zero-order valence-corrected chi connectivity index (χ0v) is 15.5. The van der Waals surface area contributed by atoms with Crippen molar-refractivity contribution in [2.45, 2.75) is 24.3 Å². The van der Waals surface area contributed by atoms with Crippen LogP contribution in [0.25, 0.3) is 0 Å². The summed E-state index contributed by atoms with van der Waals surface area (Å²) in [6.07, 6.45) is 1.79. The van der Waals surface area contributed by atoms with Crippen molar-refractivity contribution < 1.29 is 9.84 Å². The minimum Gasteiger partial charge on any atom is -0.503 e. The highest BCUT2D eigenvalue weighted by Gasteiger charge is 2.43. The zero-order chi connectivity index (χ0) is 17.6. The Balaban J connectivity index is 1.81. The third kappa shape index (κ3) is 2.83. The largest absolute Gasteiger partial charge is 0.503 e. The summed E-state index contributed by atoms with van der Waals surface area (Å²) in [6, 6.07) is 9.38. The molecule has 5 nitrogen and oxygen atoms in total. The van der Waals surface area contributed by atoms with E-state index >= 15 is 0 Å².